The molecule has 1 aliphatic rings. The number of likely N-dealkylation sites (tertiary alicyclic amines) is 1. The smallest absolute Gasteiger partial charge is 0.216 e. The molecule has 0 saturated carbocycles. The molecule has 1 saturated heterocycles. The van der Waals surface area contributed by atoms with Gasteiger partial charge in [-0.15, -0.1) is 0 Å². The maximum atomic E-state index is 12.4. The molecule has 1 N–H and O–H groups in total. The summed E-state index contributed by atoms with van der Waals surface area (Å²) in [7, 11) is -3.36. The summed E-state index contributed by atoms with van der Waals surface area (Å²) in [4.78, 5) is 2.43. The van der Waals surface area contributed by atoms with Crippen LogP contribution in [-0.2, 0) is 28.9 Å². The van der Waals surface area contributed by atoms with Crippen LogP contribution < -0.4 is 4.72 Å². The Labute approximate surface area is 150 Å². The Morgan fingerprint density at radius 1 is 1.00 bits per heavy atom. The fourth-order valence-corrected chi connectivity index (χ4v) is 4.42. The molecular weight excluding hydrogens is 332 g/mol. The van der Waals surface area contributed by atoms with Crippen LogP contribution in [0.4, 0.5) is 0 Å². The van der Waals surface area contributed by atoms with Gasteiger partial charge in [-0.2, -0.15) is 0 Å². The zero-order chi connectivity index (χ0) is 17.7. The first-order valence-electron chi connectivity index (χ1n) is 8.84. The monoisotopic (exact) mass is 358 g/mol. The Morgan fingerprint density at radius 3 is 2.44 bits per heavy atom. The first kappa shape index (κ1) is 18.1. The van der Waals surface area contributed by atoms with Crippen LogP contribution in [0.1, 0.15) is 35.1 Å². The van der Waals surface area contributed by atoms with E-state index < -0.39 is 10.0 Å². The lowest BCUT2D eigenvalue weighted by Gasteiger charge is -2.17. The number of rotatable bonds is 7. The van der Waals surface area contributed by atoms with Crippen LogP contribution in [0.3, 0.4) is 0 Å². The van der Waals surface area contributed by atoms with Gasteiger partial charge in [-0.1, -0.05) is 54.1 Å². The molecule has 3 rings (SSSR count). The van der Waals surface area contributed by atoms with Crippen molar-refractivity contribution in [1.29, 1.82) is 0 Å². The third-order valence-electron chi connectivity index (χ3n) is 4.63. The van der Waals surface area contributed by atoms with Crippen LogP contribution in [0.2, 0.25) is 0 Å². The van der Waals surface area contributed by atoms with Crippen molar-refractivity contribution in [3.05, 3.63) is 70.8 Å². The summed E-state index contributed by atoms with van der Waals surface area (Å²) in [6.07, 6.45) is 2.51. The summed E-state index contributed by atoms with van der Waals surface area (Å²) in [5, 5.41) is 0. The van der Waals surface area contributed by atoms with E-state index in [1.165, 1.54) is 18.4 Å². The van der Waals surface area contributed by atoms with Crippen LogP contribution in [0.25, 0.3) is 0 Å². The quantitative estimate of drug-likeness (QED) is 0.827. The Balaban J connectivity index is 1.64. The van der Waals surface area contributed by atoms with Gasteiger partial charge in [0.15, 0.2) is 0 Å². The molecule has 0 spiro atoms. The lowest BCUT2D eigenvalue weighted by atomic mass is 10.1. The molecule has 134 valence electrons. The van der Waals surface area contributed by atoms with E-state index in [1.807, 2.05) is 49.4 Å². The largest absolute Gasteiger partial charge is 0.299 e. The number of sulfonamides is 1. The molecule has 5 heteroatoms. The Hall–Kier alpha value is -1.69. The maximum absolute atomic E-state index is 12.4. The van der Waals surface area contributed by atoms with Crippen molar-refractivity contribution in [2.75, 3.05) is 13.1 Å². The highest BCUT2D eigenvalue weighted by molar-refractivity contribution is 7.88. The van der Waals surface area contributed by atoms with E-state index in [0.29, 0.717) is 6.54 Å². The molecule has 4 nitrogen and oxygen atoms in total. The summed E-state index contributed by atoms with van der Waals surface area (Å²) in [6.45, 7) is 5.48. The van der Waals surface area contributed by atoms with E-state index in [4.69, 9.17) is 0 Å². The second kappa shape index (κ2) is 8.13. The molecular formula is C20H26N2O2S. The van der Waals surface area contributed by atoms with E-state index in [-0.39, 0.29) is 5.75 Å². The predicted octanol–water partition coefficient (Wildman–Crippen LogP) is 3.21. The van der Waals surface area contributed by atoms with E-state index in [2.05, 4.69) is 15.7 Å². The highest BCUT2D eigenvalue weighted by atomic mass is 32.2. The van der Waals surface area contributed by atoms with E-state index in [9.17, 15) is 8.42 Å². The Morgan fingerprint density at radius 2 is 1.72 bits per heavy atom. The lowest BCUT2D eigenvalue weighted by Crippen LogP contribution is -2.26. The van der Waals surface area contributed by atoms with Crippen LogP contribution in [-0.4, -0.2) is 26.4 Å². The van der Waals surface area contributed by atoms with Gasteiger partial charge in [0, 0.05) is 13.1 Å². The van der Waals surface area contributed by atoms with Gasteiger partial charge in [0.1, 0.15) is 0 Å². The molecule has 2 aromatic rings. The van der Waals surface area contributed by atoms with Gasteiger partial charge >= 0.3 is 0 Å². The molecule has 0 unspecified atom stereocenters. The van der Waals surface area contributed by atoms with Crippen molar-refractivity contribution < 1.29 is 8.42 Å². The molecule has 2 aromatic carbocycles. The second-order valence-corrected chi connectivity index (χ2v) is 8.63. The summed E-state index contributed by atoms with van der Waals surface area (Å²) < 4.78 is 27.6. The number of benzene rings is 2. The normalized spacial score (nSPS) is 15.6. The summed E-state index contributed by atoms with van der Waals surface area (Å²) in [5.41, 5.74) is 4.16. The van der Waals surface area contributed by atoms with Crippen molar-refractivity contribution in [3.63, 3.8) is 0 Å². The van der Waals surface area contributed by atoms with Crippen LogP contribution in [0.15, 0.2) is 48.5 Å². The van der Waals surface area contributed by atoms with E-state index in [0.717, 1.165) is 36.3 Å². The molecule has 0 aliphatic carbocycles. The third kappa shape index (κ3) is 5.39. The molecule has 0 aromatic heterocycles. The molecule has 1 fully saturated rings. The number of nitrogens with one attached hydrogen (secondary N) is 1. The molecule has 0 amide bonds. The Kier molecular flexibility index (Phi) is 5.89. The minimum Gasteiger partial charge on any atom is -0.299 e. The van der Waals surface area contributed by atoms with Crippen molar-refractivity contribution in [2.24, 2.45) is 0 Å². The topological polar surface area (TPSA) is 49.4 Å². The van der Waals surface area contributed by atoms with Crippen molar-refractivity contribution in [1.82, 2.24) is 9.62 Å². The van der Waals surface area contributed by atoms with Gasteiger partial charge < -0.3 is 0 Å². The van der Waals surface area contributed by atoms with E-state index in [1.54, 1.807) is 0 Å². The zero-order valence-electron chi connectivity index (χ0n) is 14.7. The van der Waals surface area contributed by atoms with Gasteiger partial charge in [-0.05, 0) is 49.5 Å². The fourth-order valence-electron chi connectivity index (χ4n) is 3.33. The number of hydrogen-bond donors (Lipinski definition) is 1. The van der Waals surface area contributed by atoms with E-state index >= 15 is 0 Å². The summed E-state index contributed by atoms with van der Waals surface area (Å²) in [5.74, 6) is 0.0168. The van der Waals surface area contributed by atoms with Gasteiger partial charge in [-0.3, -0.25) is 4.90 Å². The molecule has 0 atom stereocenters. The molecule has 0 radical (unpaired) electrons. The highest BCUT2D eigenvalue weighted by Gasteiger charge is 2.15. The molecule has 0 bridgehead atoms. The lowest BCUT2D eigenvalue weighted by molar-refractivity contribution is 0.330. The average molecular weight is 359 g/mol. The van der Waals surface area contributed by atoms with Gasteiger partial charge in [0.2, 0.25) is 10.0 Å². The molecule has 25 heavy (non-hydrogen) atoms. The van der Waals surface area contributed by atoms with Crippen molar-refractivity contribution in [3.8, 4) is 0 Å². The standard InChI is InChI=1S/C20H26N2O2S/c1-17-7-6-8-18(13-17)16-25(23,24)21-14-19-9-2-3-10-20(19)15-22-11-4-5-12-22/h2-3,6-10,13,21H,4-5,11-12,14-16H2,1H3. The van der Waals surface area contributed by atoms with Gasteiger partial charge in [0.05, 0.1) is 5.75 Å². The summed E-state index contributed by atoms with van der Waals surface area (Å²) >= 11 is 0. The first-order chi connectivity index (χ1) is 12.0. The van der Waals surface area contributed by atoms with Crippen molar-refractivity contribution in [2.45, 2.75) is 38.6 Å². The SMILES string of the molecule is Cc1cccc(CS(=O)(=O)NCc2ccccc2CN2CCCC2)c1. The van der Waals surface area contributed by atoms with Crippen molar-refractivity contribution >= 4 is 10.0 Å². The predicted molar refractivity (Wildman–Crippen MR) is 102 cm³/mol. The van der Waals surface area contributed by atoms with Gasteiger partial charge in [0.25, 0.3) is 0 Å². The first-order valence-corrected chi connectivity index (χ1v) is 10.5. The number of aryl methyl sites for hydroxylation is 1. The minimum atomic E-state index is -3.36. The number of hydrogen-bond acceptors (Lipinski definition) is 3. The molecule has 1 heterocycles. The van der Waals surface area contributed by atoms with Gasteiger partial charge in [-0.25, -0.2) is 13.1 Å². The minimum absolute atomic E-state index is 0.0168. The highest BCUT2D eigenvalue weighted by Crippen LogP contribution is 2.16. The summed E-state index contributed by atoms with van der Waals surface area (Å²) in [6, 6.07) is 15.7. The average Bonchev–Trinajstić information content (AvgIpc) is 3.07. The maximum Gasteiger partial charge on any atom is 0.216 e. The Bertz CT molecular complexity index is 812. The second-order valence-electron chi connectivity index (χ2n) is 6.82. The zero-order valence-corrected chi connectivity index (χ0v) is 15.6. The van der Waals surface area contributed by atoms with Crippen LogP contribution >= 0.6 is 0 Å². The number of nitrogens with zero attached hydrogens (tertiary/aromatic N) is 1. The fraction of sp³-hybridized carbons (Fsp3) is 0.400. The third-order valence-corrected chi connectivity index (χ3v) is 5.93. The molecule has 1 aliphatic heterocycles. The van der Waals surface area contributed by atoms with Crippen LogP contribution in [0, 0.1) is 6.92 Å². The van der Waals surface area contributed by atoms with Crippen LogP contribution in [0.5, 0.6) is 0 Å².